The van der Waals surface area contributed by atoms with Crippen LogP contribution in [0.15, 0.2) is 47.1 Å². The van der Waals surface area contributed by atoms with Crippen LogP contribution in [0.1, 0.15) is 22.6 Å². The Kier molecular flexibility index (Phi) is 3.01. The van der Waals surface area contributed by atoms with E-state index < -0.39 is 11.6 Å². The SMILES string of the molecule is CN1Cc2c(ccc3occc23)[C@@H](c2cc(F)cc(F)c2)C1. The molecule has 2 nitrogen and oxygen atoms in total. The molecule has 0 saturated heterocycles. The average molecular weight is 299 g/mol. The number of likely N-dealkylation sites (N-methyl/N-ethyl adjacent to an activating group) is 1. The van der Waals surface area contributed by atoms with Gasteiger partial charge in [0.05, 0.1) is 6.26 Å². The molecule has 0 radical (unpaired) electrons. The minimum atomic E-state index is -0.533. The van der Waals surface area contributed by atoms with Crippen molar-refractivity contribution >= 4 is 11.0 Å². The van der Waals surface area contributed by atoms with Crippen LogP contribution in [0.4, 0.5) is 8.78 Å². The lowest BCUT2D eigenvalue weighted by Crippen LogP contribution is -2.31. The zero-order chi connectivity index (χ0) is 15.3. The number of benzene rings is 2. The van der Waals surface area contributed by atoms with Gasteiger partial charge in [-0.25, -0.2) is 8.78 Å². The van der Waals surface area contributed by atoms with Crippen molar-refractivity contribution in [3.05, 3.63) is 71.0 Å². The van der Waals surface area contributed by atoms with Gasteiger partial charge in [-0.15, -0.1) is 0 Å². The fourth-order valence-electron chi connectivity index (χ4n) is 3.43. The molecule has 0 N–H and O–H groups in total. The summed E-state index contributed by atoms with van der Waals surface area (Å²) in [7, 11) is 2.02. The molecule has 0 aliphatic carbocycles. The molecule has 1 aromatic heterocycles. The van der Waals surface area contributed by atoms with Crippen LogP contribution in [0.5, 0.6) is 0 Å². The molecule has 0 bridgehead atoms. The summed E-state index contributed by atoms with van der Waals surface area (Å²) in [6.45, 7) is 1.54. The van der Waals surface area contributed by atoms with Crippen LogP contribution >= 0.6 is 0 Å². The average Bonchev–Trinajstić information content (AvgIpc) is 2.94. The molecule has 2 heterocycles. The van der Waals surface area contributed by atoms with E-state index in [2.05, 4.69) is 4.90 Å². The molecule has 0 amide bonds. The van der Waals surface area contributed by atoms with Crippen molar-refractivity contribution in [2.24, 2.45) is 0 Å². The van der Waals surface area contributed by atoms with Crippen LogP contribution in [-0.4, -0.2) is 18.5 Å². The van der Waals surface area contributed by atoms with Crippen LogP contribution in [-0.2, 0) is 6.54 Å². The highest BCUT2D eigenvalue weighted by atomic mass is 19.1. The predicted molar refractivity (Wildman–Crippen MR) is 80.7 cm³/mol. The fraction of sp³-hybridized carbons (Fsp3) is 0.222. The molecule has 0 unspecified atom stereocenters. The molecule has 1 aliphatic rings. The van der Waals surface area contributed by atoms with E-state index in [0.29, 0.717) is 5.56 Å². The molecule has 0 fully saturated rings. The Bertz CT molecular complexity index is 835. The number of furan rings is 1. The van der Waals surface area contributed by atoms with Gasteiger partial charge in [-0.3, -0.25) is 0 Å². The van der Waals surface area contributed by atoms with Gasteiger partial charge >= 0.3 is 0 Å². The van der Waals surface area contributed by atoms with Gasteiger partial charge in [-0.1, -0.05) is 6.07 Å². The molecule has 0 saturated carbocycles. The normalized spacial score (nSPS) is 18.6. The summed E-state index contributed by atoms with van der Waals surface area (Å²) in [5, 5.41) is 1.07. The van der Waals surface area contributed by atoms with E-state index in [1.54, 1.807) is 6.26 Å². The van der Waals surface area contributed by atoms with Gasteiger partial charge in [0.25, 0.3) is 0 Å². The van der Waals surface area contributed by atoms with E-state index in [-0.39, 0.29) is 5.92 Å². The zero-order valence-electron chi connectivity index (χ0n) is 12.1. The smallest absolute Gasteiger partial charge is 0.134 e. The molecule has 112 valence electrons. The number of fused-ring (bicyclic) bond motifs is 3. The molecular formula is C18H15F2NO. The lowest BCUT2D eigenvalue weighted by atomic mass is 9.83. The van der Waals surface area contributed by atoms with E-state index in [4.69, 9.17) is 4.42 Å². The monoisotopic (exact) mass is 299 g/mol. The van der Waals surface area contributed by atoms with Gasteiger partial charge in [0.2, 0.25) is 0 Å². The zero-order valence-corrected chi connectivity index (χ0v) is 12.1. The Morgan fingerprint density at radius 3 is 2.64 bits per heavy atom. The standard InChI is InChI=1S/C18H15F2NO/c1-21-9-16(11-6-12(19)8-13(20)7-11)14-2-3-18-15(4-5-22-18)17(14)10-21/h2-8,16H,9-10H2,1H3/t16-/m1/s1. The summed E-state index contributed by atoms with van der Waals surface area (Å²) >= 11 is 0. The maximum absolute atomic E-state index is 13.6. The van der Waals surface area contributed by atoms with E-state index in [9.17, 15) is 8.78 Å². The minimum absolute atomic E-state index is 0.0433. The first-order chi connectivity index (χ1) is 10.6. The number of rotatable bonds is 1. The Labute approximate surface area is 127 Å². The highest BCUT2D eigenvalue weighted by Gasteiger charge is 2.27. The van der Waals surface area contributed by atoms with Gasteiger partial charge in [-0.2, -0.15) is 0 Å². The molecule has 3 aromatic rings. The summed E-state index contributed by atoms with van der Waals surface area (Å²) < 4.78 is 32.6. The lowest BCUT2D eigenvalue weighted by molar-refractivity contribution is 0.296. The Morgan fingerprint density at radius 1 is 1.09 bits per heavy atom. The second-order valence-electron chi connectivity index (χ2n) is 5.92. The minimum Gasteiger partial charge on any atom is -0.464 e. The van der Waals surface area contributed by atoms with Crippen molar-refractivity contribution in [2.75, 3.05) is 13.6 Å². The third-order valence-electron chi connectivity index (χ3n) is 4.37. The van der Waals surface area contributed by atoms with E-state index in [1.165, 1.54) is 17.7 Å². The van der Waals surface area contributed by atoms with Gasteiger partial charge in [0.1, 0.15) is 17.2 Å². The van der Waals surface area contributed by atoms with Crippen molar-refractivity contribution in [3.8, 4) is 0 Å². The first-order valence-electron chi connectivity index (χ1n) is 7.25. The van der Waals surface area contributed by atoms with Crippen molar-refractivity contribution in [3.63, 3.8) is 0 Å². The number of hydrogen-bond donors (Lipinski definition) is 0. The quantitative estimate of drug-likeness (QED) is 0.666. The van der Waals surface area contributed by atoms with E-state index in [1.807, 2.05) is 25.2 Å². The van der Waals surface area contributed by atoms with Crippen molar-refractivity contribution in [1.82, 2.24) is 4.90 Å². The van der Waals surface area contributed by atoms with Gasteiger partial charge in [0.15, 0.2) is 0 Å². The molecule has 4 heteroatoms. The van der Waals surface area contributed by atoms with Gasteiger partial charge in [-0.05, 0) is 48.0 Å². The van der Waals surface area contributed by atoms with Crippen LogP contribution in [0.3, 0.4) is 0 Å². The molecule has 2 aromatic carbocycles. The fourth-order valence-corrected chi connectivity index (χ4v) is 3.43. The highest BCUT2D eigenvalue weighted by Crippen LogP contribution is 2.37. The van der Waals surface area contributed by atoms with E-state index in [0.717, 1.165) is 35.7 Å². The maximum Gasteiger partial charge on any atom is 0.134 e. The van der Waals surface area contributed by atoms with Gasteiger partial charge < -0.3 is 9.32 Å². The Hall–Kier alpha value is -2.20. The molecule has 22 heavy (non-hydrogen) atoms. The summed E-state index contributed by atoms with van der Waals surface area (Å²) in [6, 6.07) is 9.67. The summed E-state index contributed by atoms with van der Waals surface area (Å²) in [6.07, 6.45) is 1.68. The van der Waals surface area contributed by atoms with Crippen LogP contribution in [0.2, 0.25) is 0 Å². The Balaban J connectivity index is 1.91. The van der Waals surface area contributed by atoms with Gasteiger partial charge in [0, 0.05) is 30.5 Å². The lowest BCUT2D eigenvalue weighted by Gasteiger charge is -2.33. The summed E-state index contributed by atoms with van der Waals surface area (Å²) in [4.78, 5) is 2.17. The number of nitrogens with zero attached hydrogens (tertiary/aromatic N) is 1. The third kappa shape index (κ3) is 2.11. The van der Waals surface area contributed by atoms with Crippen LogP contribution < -0.4 is 0 Å². The largest absolute Gasteiger partial charge is 0.464 e. The highest BCUT2D eigenvalue weighted by molar-refractivity contribution is 5.83. The van der Waals surface area contributed by atoms with Crippen molar-refractivity contribution < 1.29 is 13.2 Å². The topological polar surface area (TPSA) is 16.4 Å². The van der Waals surface area contributed by atoms with E-state index >= 15 is 0 Å². The molecule has 1 aliphatic heterocycles. The third-order valence-corrected chi connectivity index (χ3v) is 4.37. The molecule has 1 atom stereocenters. The second kappa shape index (κ2) is 4.92. The first kappa shape index (κ1) is 13.5. The second-order valence-corrected chi connectivity index (χ2v) is 5.92. The first-order valence-corrected chi connectivity index (χ1v) is 7.25. The predicted octanol–water partition coefficient (Wildman–Crippen LogP) is 4.29. The number of halogens is 2. The van der Waals surface area contributed by atoms with Crippen LogP contribution in [0, 0.1) is 11.6 Å². The Morgan fingerprint density at radius 2 is 1.86 bits per heavy atom. The van der Waals surface area contributed by atoms with Crippen molar-refractivity contribution in [2.45, 2.75) is 12.5 Å². The molecule has 4 rings (SSSR count). The molecule has 0 spiro atoms. The van der Waals surface area contributed by atoms with Crippen LogP contribution in [0.25, 0.3) is 11.0 Å². The summed E-state index contributed by atoms with van der Waals surface area (Å²) in [5.74, 6) is -1.11. The van der Waals surface area contributed by atoms with Crippen molar-refractivity contribution in [1.29, 1.82) is 0 Å². The maximum atomic E-state index is 13.6. The molecular weight excluding hydrogens is 284 g/mol. The summed E-state index contributed by atoms with van der Waals surface area (Å²) in [5.41, 5.74) is 3.82. The number of hydrogen-bond acceptors (Lipinski definition) is 2.